The highest BCUT2D eigenvalue weighted by Crippen LogP contribution is 2.25. The number of nitrogens with zero attached hydrogens (tertiary/aromatic N) is 2. The van der Waals surface area contributed by atoms with Crippen LogP contribution in [0.25, 0.3) is 0 Å². The van der Waals surface area contributed by atoms with Crippen LogP contribution in [0, 0.1) is 0 Å². The van der Waals surface area contributed by atoms with Crippen LogP contribution in [-0.4, -0.2) is 45.3 Å². The van der Waals surface area contributed by atoms with Gasteiger partial charge in [-0.15, -0.1) is 11.3 Å². The Labute approximate surface area is 110 Å². The number of aliphatic hydroxyl groups excluding tert-OH is 1. The summed E-state index contributed by atoms with van der Waals surface area (Å²) in [6.07, 6.45) is 4.81. The molecule has 0 radical (unpaired) electrons. The van der Waals surface area contributed by atoms with Gasteiger partial charge in [-0.2, -0.15) is 0 Å². The van der Waals surface area contributed by atoms with Gasteiger partial charge in [0.05, 0.1) is 12.3 Å². The van der Waals surface area contributed by atoms with E-state index >= 15 is 0 Å². The van der Waals surface area contributed by atoms with Crippen molar-refractivity contribution in [2.45, 2.75) is 38.3 Å². The van der Waals surface area contributed by atoms with Crippen molar-refractivity contribution in [3.63, 3.8) is 0 Å². The normalized spacial score (nSPS) is 16.6. The van der Waals surface area contributed by atoms with Gasteiger partial charge >= 0.3 is 5.97 Å². The molecule has 100 valence electrons. The highest BCUT2D eigenvalue weighted by molar-refractivity contribution is 7.11. The Balaban J connectivity index is 2.00. The van der Waals surface area contributed by atoms with Crippen LogP contribution in [0.1, 0.15) is 41.2 Å². The second-order valence-electron chi connectivity index (χ2n) is 4.58. The Morgan fingerprint density at radius 2 is 2.22 bits per heavy atom. The smallest absolute Gasteiger partial charge is 0.365 e. The minimum absolute atomic E-state index is 0.131. The third kappa shape index (κ3) is 3.28. The van der Waals surface area contributed by atoms with E-state index in [1.165, 1.54) is 12.8 Å². The van der Waals surface area contributed by atoms with Gasteiger partial charge in [0, 0.05) is 24.5 Å². The predicted molar refractivity (Wildman–Crippen MR) is 68.8 cm³/mol. The van der Waals surface area contributed by atoms with Crippen molar-refractivity contribution in [3.8, 4) is 0 Å². The lowest BCUT2D eigenvalue weighted by Crippen LogP contribution is -2.35. The third-order valence-electron chi connectivity index (χ3n) is 3.33. The molecular formula is C12H18N2O3S. The van der Waals surface area contributed by atoms with E-state index in [9.17, 15) is 4.79 Å². The van der Waals surface area contributed by atoms with Crippen molar-refractivity contribution < 1.29 is 15.0 Å². The fraction of sp³-hybridized carbons (Fsp3) is 0.667. The van der Waals surface area contributed by atoms with Crippen molar-refractivity contribution in [1.82, 2.24) is 9.88 Å². The van der Waals surface area contributed by atoms with Gasteiger partial charge in [0.15, 0.2) is 0 Å². The number of hydrogen-bond donors (Lipinski definition) is 2. The standard InChI is InChI=1S/C12H18N2O3S/c15-6-5-14(10-3-1-2-4-10)7-9-8-18-11(13-9)12(16)17/h8,10,15H,1-7H2,(H,16,17). The van der Waals surface area contributed by atoms with Gasteiger partial charge in [-0.1, -0.05) is 12.8 Å². The zero-order valence-corrected chi connectivity index (χ0v) is 11.0. The van der Waals surface area contributed by atoms with Crippen molar-refractivity contribution in [2.75, 3.05) is 13.2 Å². The molecule has 0 amide bonds. The van der Waals surface area contributed by atoms with Crippen molar-refractivity contribution in [3.05, 3.63) is 16.1 Å². The molecule has 2 N–H and O–H groups in total. The molecule has 1 saturated carbocycles. The average Bonchev–Trinajstić information content (AvgIpc) is 2.99. The molecule has 1 aliphatic rings. The van der Waals surface area contributed by atoms with Crippen LogP contribution < -0.4 is 0 Å². The summed E-state index contributed by atoms with van der Waals surface area (Å²) in [6.45, 7) is 1.39. The fourth-order valence-electron chi connectivity index (χ4n) is 2.47. The summed E-state index contributed by atoms with van der Waals surface area (Å²) in [4.78, 5) is 17.1. The number of carboxylic acid groups (broad SMARTS) is 1. The van der Waals surface area contributed by atoms with E-state index in [2.05, 4.69) is 9.88 Å². The molecule has 1 fully saturated rings. The molecule has 0 saturated heterocycles. The van der Waals surface area contributed by atoms with Crippen LogP contribution in [0.5, 0.6) is 0 Å². The quantitative estimate of drug-likeness (QED) is 0.821. The molecule has 18 heavy (non-hydrogen) atoms. The molecule has 1 aromatic heterocycles. The monoisotopic (exact) mass is 270 g/mol. The minimum Gasteiger partial charge on any atom is -0.476 e. The molecule has 1 aromatic rings. The Morgan fingerprint density at radius 3 is 2.78 bits per heavy atom. The van der Waals surface area contributed by atoms with Crippen molar-refractivity contribution in [1.29, 1.82) is 0 Å². The Morgan fingerprint density at radius 1 is 1.50 bits per heavy atom. The SMILES string of the molecule is O=C(O)c1nc(CN(CCO)C2CCCC2)cs1. The second-order valence-corrected chi connectivity index (χ2v) is 5.44. The number of carboxylic acids is 1. The molecule has 1 aliphatic carbocycles. The fourth-order valence-corrected chi connectivity index (χ4v) is 3.12. The molecule has 0 aliphatic heterocycles. The van der Waals surface area contributed by atoms with E-state index in [1.54, 1.807) is 5.38 Å². The maximum Gasteiger partial charge on any atom is 0.365 e. The first-order valence-corrected chi connectivity index (χ1v) is 7.11. The number of rotatable bonds is 6. The molecule has 0 spiro atoms. The predicted octanol–water partition coefficient (Wildman–Crippen LogP) is 1.58. The lowest BCUT2D eigenvalue weighted by Gasteiger charge is -2.27. The summed E-state index contributed by atoms with van der Waals surface area (Å²) in [7, 11) is 0. The van der Waals surface area contributed by atoms with Crippen LogP contribution >= 0.6 is 11.3 Å². The highest BCUT2D eigenvalue weighted by atomic mass is 32.1. The van der Waals surface area contributed by atoms with Gasteiger partial charge in [-0.3, -0.25) is 4.90 Å². The Bertz CT molecular complexity index is 402. The lowest BCUT2D eigenvalue weighted by molar-refractivity contribution is 0.0695. The van der Waals surface area contributed by atoms with E-state index in [-0.39, 0.29) is 11.6 Å². The van der Waals surface area contributed by atoms with Gasteiger partial charge in [-0.05, 0) is 12.8 Å². The Kier molecular flexibility index (Phi) is 4.68. The van der Waals surface area contributed by atoms with Gasteiger partial charge in [-0.25, -0.2) is 9.78 Å². The van der Waals surface area contributed by atoms with Crippen LogP contribution in [0.15, 0.2) is 5.38 Å². The molecular weight excluding hydrogens is 252 g/mol. The first kappa shape index (κ1) is 13.5. The Hall–Kier alpha value is -0.980. The van der Waals surface area contributed by atoms with Crippen molar-refractivity contribution >= 4 is 17.3 Å². The topological polar surface area (TPSA) is 73.7 Å². The van der Waals surface area contributed by atoms with Crippen LogP contribution in [0.4, 0.5) is 0 Å². The number of aromatic nitrogens is 1. The number of thiazole rings is 1. The molecule has 1 heterocycles. The highest BCUT2D eigenvalue weighted by Gasteiger charge is 2.23. The summed E-state index contributed by atoms with van der Waals surface area (Å²) in [5, 5.41) is 19.9. The van der Waals surface area contributed by atoms with Gasteiger partial charge in [0.1, 0.15) is 0 Å². The first-order valence-electron chi connectivity index (χ1n) is 6.23. The van der Waals surface area contributed by atoms with E-state index in [1.807, 2.05) is 0 Å². The summed E-state index contributed by atoms with van der Waals surface area (Å²) < 4.78 is 0. The zero-order chi connectivity index (χ0) is 13.0. The zero-order valence-electron chi connectivity index (χ0n) is 10.2. The maximum atomic E-state index is 10.8. The molecule has 2 rings (SSSR count). The molecule has 0 unspecified atom stereocenters. The van der Waals surface area contributed by atoms with E-state index < -0.39 is 5.97 Å². The number of carbonyl (C=O) groups is 1. The second kappa shape index (κ2) is 6.26. The summed E-state index contributed by atoms with van der Waals surface area (Å²) in [5.74, 6) is -0.971. The van der Waals surface area contributed by atoms with E-state index in [4.69, 9.17) is 10.2 Å². The number of aliphatic hydroxyl groups is 1. The lowest BCUT2D eigenvalue weighted by atomic mass is 10.2. The summed E-state index contributed by atoms with van der Waals surface area (Å²) in [5.41, 5.74) is 0.790. The third-order valence-corrected chi connectivity index (χ3v) is 4.21. The van der Waals surface area contributed by atoms with Gasteiger partial charge < -0.3 is 10.2 Å². The molecule has 6 heteroatoms. The summed E-state index contributed by atoms with van der Waals surface area (Å²) in [6, 6.07) is 0.507. The average molecular weight is 270 g/mol. The van der Waals surface area contributed by atoms with Gasteiger partial charge in [0.2, 0.25) is 5.01 Å². The molecule has 5 nitrogen and oxygen atoms in total. The first-order chi connectivity index (χ1) is 8.70. The van der Waals surface area contributed by atoms with Crippen LogP contribution in [-0.2, 0) is 6.54 Å². The van der Waals surface area contributed by atoms with Crippen molar-refractivity contribution in [2.24, 2.45) is 0 Å². The van der Waals surface area contributed by atoms with Crippen LogP contribution in [0.2, 0.25) is 0 Å². The molecule has 0 bridgehead atoms. The molecule has 0 aromatic carbocycles. The summed E-state index contributed by atoms with van der Waals surface area (Å²) >= 11 is 1.16. The maximum absolute atomic E-state index is 10.8. The van der Waals surface area contributed by atoms with Gasteiger partial charge in [0.25, 0.3) is 0 Å². The minimum atomic E-state index is -0.971. The largest absolute Gasteiger partial charge is 0.476 e. The van der Waals surface area contributed by atoms with E-state index in [0.717, 1.165) is 29.9 Å². The van der Waals surface area contributed by atoms with E-state index in [0.29, 0.717) is 19.1 Å². The molecule has 0 atom stereocenters. The van der Waals surface area contributed by atoms with Crippen LogP contribution in [0.3, 0.4) is 0 Å². The number of aromatic carboxylic acids is 1. The number of hydrogen-bond acceptors (Lipinski definition) is 5.